The van der Waals surface area contributed by atoms with Crippen molar-refractivity contribution in [1.82, 2.24) is 10.2 Å². The predicted octanol–water partition coefficient (Wildman–Crippen LogP) is 2.66. The maximum Gasteiger partial charge on any atom is 0.313 e. The van der Waals surface area contributed by atoms with E-state index in [1.165, 1.54) is 7.11 Å². The van der Waals surface area contributed by atoms with Gasteiger partial charge in [-0.05, 0) is 31.4 Å². The number of amides is 3. The van der Waals surface area contributed by atoms with Gasteiger partial charge in [-0.25, -0.2) is 0 Å². The second kappa shape index (κ2) is 8.44. The lowest BCUT2D eigenvalue weighted by atomic mass is 10.1. The third-order valence-electron chi connectivity index (χ3n) is 5.26. The van der Waals surface area contributed by atoms with Crippen molar-refractivity contribution in [2.45, 2.75) is 19.3 Å². The fourth-order valence-corrected chi connectivity index (χ4v) is 3.69. The van der Waals surface area contributed by atoms with Gasteiger partial charge >= 0.3 is 11.8 Å². The summed E-state index contributed by atoms with van der Waals surface area (Å²) in [6.07, 6.45) is 3.03. The van der Waals surface area contributed by atoms with Crippen LogP contribution in [0.1, 0.15) is 19.3 Å². The molecule has 3 aromatic rings. The van der Waals surface area contributed by atoms with Gasteiger partial charge in [0.15, 0.2) is 0 Å². The summed E-state index contributed by atoms with van der Waals surface area (Å²) in [6, 6.07) is 11.0. The van der Waals surface area contributed by atoms with E-state index in [1.54, 1.807) is 17.0 Å². The van der Waals surface area contributed by atoms with Gasteiger partial charge in [0.2, 0.25) is 5.91 Å². The molecule has 2 N–H and O–H groups in total. The molecule has 0 bridgehead atoms. The van der Waals surface area contributed by atoms with Crippen LogP contribution in [0, 0.1) is 0 Å². The highest BCUT2D eigenvalue weighted by Crippen LogP contribution is 2.36. The Labute approximate surface area is 173 Å². The zero-order valence-corrected chi connectivity index (χ0v) is 16.7. The van der Waals surface area contributed by atoms with E-state index in [-0.39, 0.29) is 12.5 Å². The van der Waals surface area contributed by atoms with Crippen LogP contribution in [0.25, 0.3) is 21.9 Å². The minimum atomic E-state index is -0.882. The quantitative estimate of drug-likeness (QED) is 0.645. The van der Waals surface area contributed by atoms with Crippen LogP contribution in [-0.4, -0.2) is 49.4 Å². The molecule has 156 valence electrons. The fourth-order valence-electron chi connectivity index (χ4n) is 3.69. The average molecular weight is 409 g/mol. The molecule has 2 aromatic carbocycles. The largest absolute Gasteiger partial charge is 0.495 e. The van der Waals surface area contributed by atoms with Gasteiger partial charge in [-0.15, -0.1) is 0 Å². The van der Waals surface area contributed by atoms with E-state index in [0.717, 1.165) is 30.0 Å². The number of fused-ring (bicyclic) bond motifs is 3. The molecule has 0 spiro atoms. The molecule has 1 aromatic heterocycles. The Morgan fingerprint density at radius 2 is 1.77 bits per heavy atom. The lowest BCUT2D eigenvalue weighted by molar-refractivity contribution is -0.138. The number of carbonyl (C=O) groups excluding carboxylic acids is 3. The highest BCUT2D eigenvalue weighted by atomic mass is 16.5. The summed E-state index contributed by atoms with van der Waals surface area (Å²) in [7, 11) is 1.48. The molecule has 0 unspecified atom stereocenters. The smallest absolute Gasteiger partial charge is 0.313 e. The first kappa shape index (κ1) is 19.8. The van der Waals surface area contributed by atoms with Gasteiger partial charge in [0.1, 0.15) is 16.9 Å². The second-order valence-electron chi connectivity index (χ2n) is 7.23. The lowest BCUT2D eigenvalue weighted by Gasteiger charge is -2.26. The van der Waals surface area contributed by atoms with Crippen LogP contribution in [-0.2, 0) is 14.4 Å². The monoisotopic (exact) mass is 409 g/mol. The highest BCUT2D eigenvalue weighted by molar-refractivity contribution is 6.40. The molecule has 3 amide bonds. The fraction of sp³-hybridized carbons (Fsp3) is 0.318. The molecular weight excluding hydrogens is 386 g/mol. The number of carbonyl (C=O) groups is 3. The van der Waals surface area contributed by atoms with Crippen molar-refractivity contribution in [2.24, 2.45) is 0 Å². The molecule has 1 aliphatic heterocycles. The first-order chi connectivity index (χ1) is 14.6. The Morgan fingerprint density at radius 1 is 1.00 bits per heavy atom. The van der Waals surface area contributed by atoms with Gasteiger partial charge < -0.3 is 24.7 Å². The number of nitrogens with one attached hydrogen (secondary N) is 2. The molecular formula is C22H23N3O5. The van der Waals surface area contributed by atoms with Crippen LogP contribution >= 0.6 is 0 Å². The number of methoxy groups -OCH3 is 1. The van der Waals surface area contributed by atoms with Crippen LogP contribution in [0.15, 0.2) is 40.8 Å². The maximum absolute atomic E-state index is 12.3. The molecule has 1 fully saturated rings. The van der Waals surface area contributed by atoms with Gasteiger partial charge in [0.05, 0.1) is 19.3 Å². The number of benzene rings is 2. The van der Waals surface area contributed by atoms with E-state index in [9.17, 15) is 14.4 Å². The van der Waals surface area contributed by atoms with E-state index in [0.29, 0.717) is 35.7 Å². The summed E-state index contributed by atoms with van der Waals surface area (Å²) in [6.45, 7) is 1.18. The van der Waals surface area contributed by atoms with Crippen LogP contribution in [0.5, 0.6) is 5.75 Å². The number of nitrogens with zero attached hydrogens (tertiary/aromatic N) is 1. The molecule has 1 aliphatic rings. The topological polar surface area (TPSA) is 101 Å². The van der Waals surface area contributed by atoms with Gasteiger partial charge in [0, 0.05) is 29.9 Å². The summed E-state index contributed by atoms with van der Waals surface area (Å²) in [5, 5.41) is 6.70. The molecule has 30 heavy (non-hydrogen) atoms. The van der Waals surface area contributed by atoms with E-state index >= 15 is 0 Å². The number of para-hydroxylation sites is 1. The van der Waals surface area contributed by atoms with Gasteiger partial charge in [0.25, 0.3) is 0 Å². The van der Waals surface area contributed by atoms with Crippen molar-refractivity contribution in [3.63, 3.8) is 0 Å². The van der Waals surface area contributed by atoms with Crippen molar-refractivity contribution in [2.75, 3.05) is 32.1 Å². The lowest BCUT2D eigenvalue weighted by Crippen LogP contribution is -2.45. The molecule has 8 heteroatoms. The SMILES string of the molecule is COc1cc2c(cc1NC(=O)C(=O)NCC(=O)N1CCCCC1)oc1ccccc12. The molecule has 2 heterocycles. The van der Waals surface area contributed by atoms with Crippen LogP contribution in [0.2, 0.25) is 0 Å². The molecule has 1 saturated heterocycles. The number of hydrogen-bond donors (Lipinski definition) is 2. The number of rotatable bonds is 4. The molecule has 0 radical (unpaired) electrons. The van der Waals surface area contributed by atoms with Gasteiger partial charge in [-0.2, -0.15) is 0 Å². The predicted molar refractivity (Wildman–Crippen MR) is 112 cm³/mol. The third kappa shape index (κ3) is 3.94. The molecule has 4 rings (SSSR count). The van der Waals surface area contributed by atoms with Crippen molar-refractivity contribution in [3.8, 4) is 5.75 Å². The summed E-state index contributed by atoms with van der Waals surface area (Å²) in [5.74, 6) is -1.54. The number of likely N-dealkylation sites (tertiary alicyclic amines) is 1. The Bertz CT molecular complexity index is 1110. The standard InChI is InChI=1S/C22H23N3O5/c1-29-19-11-15-14-7-3-4-8-17(14)30-18(15)12-16(19)24-22(28)21(27)23-13-20(26)25-9-5-2-6-10-25/h3-4,7-8,11-12H,2,5-6,9-10,13H2,1H3,(H,23,27)(H,24,28). The van der Waals surface area contributed by atoms with E-state index in [4.69, 9.17) is 9.15 Å². The van der Waals surface area contributed by atoms with Gasteiger partial charge in [-0.1, -0.05) is 18.2 Å². The minimum absolute atomic E-state index is 0.183. The summed E-state index contributed by atoms with van der Waals surface area (Å²) >= 11 is 0. The molecule has 0 saturated carbocycles. The molecule has 0 atom stereocenters. The summed E-state index contributed by atoms with van der Waals surface area (Å²) in [5.41, 5.74) is 1.59. The second-order valence-corrected chi connectivity index (χ2v) is 7.23. The maximum atomic E-state index is 12.3. The third-order valence-corrected chi connectivity index (χ3v) is 5.26. The Balaban J connectivity index is 1.45. The zero-order chi connectivity index (χ0) is 21.1. The normalized spacial score (nSPS) is 14.0. The van der Waals surface area contributed by atoms with Gasteiger partial charge in [-0.3, -0.25) is 14.4 Å². The molecule has 8 nitrogen and oxygen atoms in total. The number of ether oxygens (including phenoxy) is 1. The Kier molecular flexibility index (Phi) is 5.56. The first-order valence-electron chi connectivity index (χ1n) is 9.93. The van der Waals surface area contributed by atoms with Crippen LogP contribution in [0.4, 0.5) is 5.69 Å². The number of piperidine rings is 1. The summed E-state index contributed by atoms with van der Waals surface area (Å²) < 4.78 is 11.2. The van der Waals surface area contributed by atoms with Crippen molar-refractivity contribution >= 4 is 45.3 Å². The van der Waals surface area contributed by atoms with Crippen molar-refractivity contribution in [3.05, 3.63) is 36.4 Å². The Hall–Kier alpha value is -3.55. The molecule has 0 aliphatic carbocycles. The minimum Gasteiger partial charge on any atom is -0.495 e. The van der Waals surface area contributed by atoms with E-state index in [2.05, 4.69) is 10.6 Å². The number of hydrogen-bond acceptors (Lipinski definition) is 5. The number of furan rings is 1. The highest BCUT2D eigenvalue weighted by Gasteiger charge is 2.21. The van der Waals surface area contributed by atoms with E-state index in [1.807, 2.05) is 24.3 Å². The van der Waals surface area contributed by atoms with Crippen molar-refractivity contribution < 1.29 is 23.5 Å². The Morgan fingerprint density at radius 3 is 2.53 bits per heavy atom. The van der Waals surface area contributed by atoms with Crippen LogP contribution < -0.4 is 15.4 Å². The first-order valence-corrected chi connectivity index (χ1v) is 9.93. The van der Waals surface area contributed by atoms with E-state index < -0.39 is 11.8 Å². The van der Waals surface area contributed by atoms with Crippen LogP contribution in [0.3, 0.4) is 0 Å². The zero-order valence-electron chi connectivity index (χ0n) is 16.7. The average Bonchev–Trinajstić information content (AvgIpc) is 3.14. The summed E-state index contributed by atoms with van der Waals surface area (Å²) in [4.78, 5) is 38.4. The number of anilines is 1. The van der Waals surface area contributed by atoms with Crippen molar-refractivity contribution in [1.29, 1.82) is 0 Å².